The third kappa shape index (κ3) is 2.80. The van der Waals surface area contributed by atoms with E-state index < -0.39 is 17.7 Å². The first-order valence-electron chi connectivity index (χ1n) is 6.65. The molecule has 0 bridgehead atoms. The fourth-order valence-electron chi connectivity index (χ4n) is 2.06. The molecule has 1 aliphatic heterocycles. The van der Waals surface area contributed by atoms with E-state index in [0.29, 0.717) is 0 Å². The highest BCUT2D eigenvalue weighted by Gasteiger charge is 2.38. The highest BCUT2D eigenvalue weighted by Crippen LogP contribution is 2.26. The van der Waals surface area contributed by atoms with Crippen LogP contribution in [0.3, 0.4) is 0 Å². The number of rotatable bonds is 2. The van der Waals surface area contributed by atoms with Gasteiger partial charge in [0.2, 0.25) is 0 Å². The normalized spacial score (nSPS) is 17.1. The number of fused-ring (bicyclic) bond motifs is 1. The minimum absolute atomic E-state index is 0.167. The molecule has 0 spiro atoms. The molecule has 0 saturated carbocycles. The summed E-state index contributed by atoms with van der Waals surface area (Å²) in [5.74, 6) is -2.64. The topological polar surface area (TPSA) is 77.5 Å². The molecule has 0 atom stereocenters. The lowest BCUT2D eigenvalue weighted by Gasteiger charge is -2.29. The van der Waals surface area contributed by atoms with Crippen molar-refractivity contribution in [3.05, 3.63) is 35.0 Å². The Morgan fingerprint density at radius 3 is 2.59 bits per heavy atom. The average Bonchev–Trinajstić information content (AvgIpc) is 2.75. The van der Waals surface area contributed by atoms with Crippen LogP contribution in [-0.2, 0) is 19.1 Å². The summed E-state index contributed by atoms with van der Waals surface area (Å²) in [6.45, 7) is 4.95. The molecule has 1 aromatic carbocycles. The van der Waals surface area contributed by atoms with E-state index in [1.807, 2.05) is 25.1 Å². The van der Waals surface area contributed by atoms with Gasteiger partial charge in [-0.2, -0.15) is 0 Å². The number of nitrogens with zero attached hydrogens (tertiary/aromatic N) is 1. The van der Waals surface area contributed by atoms with Gasteiger partial charge >= 0.3 is 11.9 Å². The minimum atomic E-state index is -1.23. The van der Waals surface area contributed by atoms with Crippen LogP contribution in [-0.4, -0.2) is 22.7 Å². The molecule has 1 aromatic heterocycles. The van der Waals surface area contributed by atoms with Crippen LogP contribution in [0.1, 0.15) is 18.9 Å². The second kappa shape index (κ2) is 5.10. The fraction of sp³-hybridized carbons (Fsp3) is 0.267. The van der Waals surface area contributed by atoms with Crippen molar-refractivity contribution >= 4 is 39.2 Å². The van der Waals surface area contributed by atoms with Crippen LogP contribution in [0.25, 0.3) is 10.2 Å². The molecule has 1 fully saturated rings. The van der Waals surface area contributed by atoms with E-state index in [1.165, 1.54) is 20.0 Å². The van der Waals surface area contributed by atoms with Crippen molar-refractivity contribution in [3.63, 3.8) is 0 Å². The van der Waals surface area contributed by atoms with Gasteiger partial charge in [0.25, 0.3) is 5.79 Å². The smallest absolute Gasteiger partial charge is 0.350 e. The van der Waals surface area contributed by atoms with Gasteiger partial charge in [0.1, 0.15) is 0 Å². The summed E-state index contributed by atoms with van der Waals surface area (Å²) in [7, 11) is 0. The van der Waals surface area contributed by atoms with Crippen LogP contribution in [0, 0.1) is 6.92 Å². The summed E-state index contributed by atoms with van der Waals surface area (Å²) in [6, 6.07) is 5.60. The molecule has 3 rings (SSSR count). The monoisotopic (exact) mass is 318 g/mol. The van der Waals surface area contributed by atoms with Gasteiger partial charge in [-0.1, -0.05) is 0 Å². The number of anilines is 1. The number of hydrogen-bond donors (Lipinski definition) is 1. The van der Waals surface area contributed by atoms with Gasteiger partial charge in [0.15, 0.2) is 5.57 Å². The number of esters is 2. The van der Waals surface area contributed by atoms with Gasteiger partial charge in [-0.25, -0.2) is 14.6 Å². The van der Waals surface area contributed by atoms with Crippen LogP contribution in [0.4, 0.5) is 5.69 Å². The van der Waals surface area contributed by atoms with Gasteiger partial charge in [-0.3, -0.25) is 0 Å². The summed E-state index contributed by atoms with van der Waals surface area (Å²) >= 11 is 1.57. The van der Waals surface area contributed by atoms with Crippen LogP contribution in [0.15, 0.2) is 30.0 Å². The SMILES string of the molecule is Cc1nc2ccc(NC=C3C(=O)OC(C)(C)OC3=O)cc2s1. The quantitative estimate of drug-likeness (QED) is 0.521. The Morgan fingerprint density at radius 1 is 1.23 bits per heavy atom. The molecule has 0 amide bonds. The molecule has 0 aliphatic carbocycles. The molecule has 2 aromatic rings. The first-order chi connectivity index (χ1) is 10.3. The van der Waals surface area contributed by atoms with Crippen molar-refractivity contribution in [2.24, 2.45) is 0 Å². The van der Waals surface area contributed by atoms with Gasteiger partial charge < -0.3 is 14.8 Å². The average molecular weight is 318 g/mol. The number of carbonyl (C=O) groups is 2. The largest absolute Gasteiger partial charge is 0.419 e. The maximum absolute atomic E-state index is 11.8. The van der Waals surface area contributed by atoms with Crippen molar-refractivity contribution in [2.75, 3.05) is 5.32 Å². The molecule has 1 saturated heterocycles. The zero-order valence-corrected chi connectivity index (χ0v) is 13.1. The Morgan fingerprint density at radius 2 is 1.91 bits per heavy atom. The second-order valence-electron chi connectivity index (χ2n) is 5.30. The van der Waals surface area contributed by atoms with Gasteiger partial charge in [0.05, 0.1) is 15.2 Å². The molecule has 6 nitrogen and oxygen atoms in total. The first kappa shape index (κ1) is 14.5. The predicted octanol–water partition coefficient (Wildman–Crippen LogP) is 2.74. The van der Waals surface area contributed by atoms with Crippen molar-refractivity contribution in [1.29, 1.82) is 0 Å². The number of hydrogen-bond acceptors (Lipinski definition) is 7. The zero-order chi connectivity index (χ0) is 15.9. The zero-order valence-electron chi connectivity index (χ0n) is 12.3. The number of cyclic esters (lactones) is 2. The van der Waals surface area contributed by atoms with E-state index in [0.717, 1.165) is 20.9 Å². The van der Waals surface area contributed by atoms with Crippen molar-refractivity contribution in [1.82, 2.24) is 4.98 Å². The Balaban J connectivity index is 1.82. The highest BCUT2D eigenvalue weighted by molar-refractivity contribution is 7.18. The number of aryl methyl sites for hydroxylation is 1. The van der Waals surface area contributed by atoms with Crippen molar-refractivity contribution < 1.29 is 19.1 Å². The first-order valence-corrected chi connectivity index (χ1v) is 7.46. The highest BCUT2D eigenvalue weighted by atomic mass is 32.1. The summed E-state index contributed by atoms with van der Waals surface area (Å²) in [5.41, 5.74) is 1.49. The summed E-state index contributed by atoms with van der Waals surface area (Å²) in [6.07, 6.45) is 1.30. The molecule has 22 heavy (non-hydrogen) atoms. The lowest BCUT2D eigenvalue weighted by atomic mass is 10.2. The van der Waals surface area contributed by atoms with E-state index in [2.05, 4.69) is 10.3 Å². The molecule has 114 valence electrons. The number of thiazole rings is 1. The minimum Gasteiger partial charge on any atom is -0.419 e. The van der Waals surface area contributed by atoms with E-state index in [-0.39, 0.29) is 5.57 Å². The Kier molecular flexibility index (Phi) is 3.37. The summed E-state index contributed by atoms with van der Waals surface area (Å²) in [4.78, 5) is 28.0. The molecule has 1 aliphatic rings. The molecular formula is C15H14N2O4S. The Labute approximate surface area is 130 Å². The van der Waals surface area contributed by atoms with Gasteiger partial charge in [-0.05, 0) is 25.1 Å². The van der Waals surface area contributed by atoms with E-state index in [1.54, 1.807) is 11.3 Å². The molecular weight excluding hydrogens is 304 g/mol. The van der Waals surface area contributed by atoms with Gasteiger partial charge in [0, 0.05) is 25.7 Å². The Hall–Kier alpha value is -2.41. The molecule has 0 radical (unpaired) electrons. The number of ether oxygens (including phenoxy) is 2. The number of benzene rings is 1. The third-order valence-electron chi connectivity index (χ3n) is 3.00. The number of nitrogens with one attached hydrogen (secondary N) is 1. The molecule has 1 N–H and O–H groups in total. The van der Waals surface area contributed by atoms with E-state index in [4.69, 9.17) is 9.47 Å². The lowest BCUT2D eigenvalue weighted by molar-refractivity contribution is -0.222. The van der Waals surface area contributed by atoms with Crippen molar-refractivity contribution in [2.45, 2.75) is 26.6 Å². The molecule has 7 heteroatoms. The summed E-state index contributed by atoms with van der Waals surface area (Å²) < 4.78 is 11.1. The van der Waals surface area contributed by atoms with Crippen LogP contribution in [0.5, 0.6) is 0 Å². The summed E-state index contributed by atoms with van der Waals surface area (Å²) in [5, 5.41) is 3.90. The third-order valence-corrected chi connectivity index (χ3v) is 3.93. The maximum Gasteiger partial charge on any atom is 0.350 e. The molecule has 2 heterocycles. The number of carbonyl (C=O) groups excluding carboxylic acids is 2. The standard InChI is InChI=1S/C15H14N2O4S/c1-8-17-11-5-4-9(6-12(11)22-8)16-7-10-13(18)20-15(2,3)21-14(10)19/h4-7,16H,1-3H3. The van der Waals surface area contributed by atoms with Crippen molar-refractivity contribution in [3.8, 4) is 0 Å². The van der Waals surface area contributed by atoms with E-state index in [9.17, 15) is 9.59 Å². The van der Waals surface area contributed by atoms with Gasteiger partial charge in [-0.15, -0.1) is 11.3 Å². The van der Waals surface area contributed by atoms with Crippen LogP contribution in [0.2, 0.25) is 0 Å². The molecule has 0 unspecified atom stereocenters. The van der Waals surface area contributed by atoms with Crippen LogP contribution < -0.4 is 5.32 Å². The second-order valence-corrected chi connectivity index (χ2v) is 6.53. The predicted molar refractivity (Wildman–Crippen MR) is 82.3 cm³/mol. The lowest BCUT2D eigenvalue weighted by Crippen LogP contribution is -2.42. The van der Waals surface area contributed by atoms with Crippen LogP contribution >= 0.6 is 11.3 Å². The maximum atomic E-state index is 11.8. The van der Waals surface area contributed by atoms with E-state index >= 15 is 0 Å². The number of aromatic nitrogens is 1. The Bertz CT molecular complexity index is 785. The fourth-order valence-corrected chi connectivity index (χ4v) is 2.93.